The summed E-state index contributed by atoms with van der Waals surface area (Å²) in [7, 11) is -4.65. The molecule has 0 aromatic heterocycles. The van der Waals surface area contributed by atoms with Gasteiger partial charge in [0.15, 0.2) is 0 Å². The molecule has 0 spiro atoms. The highest BCUT2D eigenvalue weighted by Crippen LogP contribution is 2.37. The molecule has 0 aliphatic carbocycles. The topological polar surface area (TPSA) is 142 Å². The number of phosphoric acid groups is 1. The van der Waals surface area contributed by atoms with E-state index in [-0.39, 0.29) is 18.8 Å². The van der Waals surface area contributed by atoms with E-state index in [1.54, 1.807) is 0 Å². The van der Waals surface area contributed by atoms with Gasteiger partial charge in [-0.05, 0) is 17.7 Å². The number of aliphatic carboxylic acids is 1. The van der Waals surface area contributed by atoms with Crippen molar-refractivity contribution >= 4 is 19.9 Å². The van der Waals surface area contributed by atoms with Crippen molar-refractivity contribution in [2.75, 3.05) is 6.61 Å². The summed E-state index contributed by atoms with van der Waals surface area (Å²) in [4.78, 5) is 39.9. The Morgan fingerprint density at radius 1 is 1.30 bits per heavy atom. The van der Waals surface area contributed by atoms with Crippen LogP contribution < -0.4 is 9.84 Å². The molecule has 0 radical (unpaired) electrons. The third kappa shape index (κ3) is 7.46. The van der Waals surface area contributed by atoms with Crippen LogP contribution in [-0.4, -0.2) is 39.6 Å². The van der Waals surface area contributed by atoms with Gasteiger partial charge in [0.25, 0.3) is 0 Å². The molecule has 0 heterocycles. The van der Waals surface area contributed by atoms with E-state index in [9.17, 15) is 14.2 Å². The number of phosphoric ester groups is 1. The van der Waals surface area contributed by atoms with Crippen LogP contribution >= 0.6 is 7.82 Å². The van der Waals surface area contributed by atoms with Gasteiger partial charge in [-0.2, -0.15) is 0 Å². The first-order valence-corrected chi connectivity index (χ1v) is 7.85. The quantitative estimate of drug-likeness (QED) is 0.405. The summed E-state index contributed by atoms with van der Waals surface area (Å²) in [6.07, 6.45) is 0.405. The molecule has 10 heteroatoms. The van der Waals surface area contributed by atoms with Crippen LogP contribution in [0.4, 0.5) is 4.79 Å². The van der Waals surface area contributed by atoms with E-state index in [0.717, 1.165) is 0 Å². The van der Waals surface area contributed by atoms with Gasteiger partial charge < -0.3 is 19.7 Å². The molecular formula is C13H16NO8P. The average molecular weight is 345 g/mol. The molecular weight excluding hydrogens is 329 g/mol. The number of alkyl carbamates (subject to hydrolysis) is 1. The number of carboxylic acids is 1. The van der Waals surface area contributed by atoms with E-state index < -0.39 is 25.9 Å². The van der Waals surface area contributed by atoms with Gasteiger partial charge >= 0.3 is 19.9 Å². The molecule has 126 valence electrons. The standard InChI is InChI=1S/C13H16NO8P/c1-2-7-21-13(17)14-11(12(15)16)8-9-3-5-10(6-4-9)22-23(18,19)20/h2-6,11H,1,7-8H2,(H,14,17)(H,15,16)(H2,18,19,20)/t11-/m0/s1. The third-order valence-electron chi connectivity index (χ3n) is 2.51. The SMILES string of the molecule is C=CCOC(=O)N[C@@H](Cc1ccc(OP(=O)(O)O)cc1)C(=O)O. The highest BCUT2D eigenvalue weighted by Gasteiger charge is 2.21. The zero-order valence-corrected chi connectivity index (χ0v) is 12.8. The molecule has 23 heavy (non-hydrogen) atoms. The van der Waals surface area contributed by atoms with Crippen LogP contribution in [-0.2, 0) is 20.5 Å². The van der Waals surface area contributed by atoms with Crippen molar-refractivity contribution in [3.05, 3.63) is 42.5 Å². The maximum atomic E-state index is 11.4. The largest absolute Gasteiger partial charge is 0.524 e. The number of rotatable bonds is 8. The lowest BCUT2D eigenvalue weighted by Crippen LogP contribution is -2.42. The summed E-state index contributed by atoms with van der Waals surface area (Å²) in [5.41, 5.74) is 0.513. The highest BCUT2D eigenvalue weighted by molar-refractivity contribution is 7.46. The van der Waals surface area contributed by atoms with Crippen molar-refractivity contribution in [1.82, 2.24) is 5.32 Å². The van der Waals surface area contributed by atoms with E-state index in [4.69, 9.17) is 14.9 Å². The molecule has 0 fully saturated rings. The highest BCUT2D eigenvalue weighted by atomic mass is 31.2. The van der Waals surface area contributed by atoms with E-state index in [2.05, 4.69) is 21.2 Å². The minimum absolute atomic E-state index is 0.0469. The fourth-order valence-corrected chi connectivity index (χ4v) is 1.97. The van der Waals surface area contributed by atoms with E-state index in [1.807, 2.05) is 0 Å². The number of carbonyl (C=O) groups is 2. The first-order chi connectivity index (χ1) is 10.7. The molecule has 0 unspecified atom stereocenters. The fraction of sp³-hybridized carbons (Fsp3) is 0.231. The van der Waals surface area contributed by atoms with Gasteiger partial charge in [-0.15, -0.1) is 0 Å². The van der Waals surface area contributed by atoms with Gasteiger partial charge in [-0.25, -0.2) is 14.2 Å². The number of carboxylic acid groups (broad SMARTS) is 1. The smallest absolute Gasteiger partial charge is 0.480 e. The van der Waals surface area contributed by atoms with Crippen molar-refractivity contribution in [3.8, 4) is 5.75 Å². The van der Waals surface area contributed by atoms with E-state index in [0.29, 0.717) is 5.56 Å². The number of hydrogen-bond acceptors (Lipinski definition) is 5. The summed E-state index contributed by atoms with van der Waals surface area (Å²) in [6.45, 7) is 3.31. The molecule has 1 rings (SSSR count). The maximum Gasteiger partial charge on any atom is 0.524 e. The zero-order valence-electron chi connectivity index (χ0n) is 11.9. The Labute approximate surface area is 131 Å². The molecule has 0 bridgehead atoms. The Balaban J connectivity index is 2.69. The molecule has 1 aromatic carbocycles. The van der Waals surface area contributed by atoms with Gasteiger partial charge in [0.05, 0.1) is 0 Å². The minimum Gasteiger partial charge on any atom is -0.480 e. The Morgan fingerprint density at radius 3 is 2.39 bits per heavy atom. The second-order valence-electron chi connectivity index (χ2n) is 4.35. The molecule has 1 atom stereocenters. The number of ether oxygens (including phenoxy) is 1. The summed E-state index contributed by atoms with van der Waals surface area (Å²) in [5.74, 6) is -1.32. The van der Waals surface area contributed by atoms with Gasteiger partial charge in [0.1, 0.15) is 18.4 Å². The van der Waals surface area contributed by atoms with Gasteiger partial charge in [0.2, 0.25) is 0 Å². The predicted octanol–water partition coefficient (Wildman–Crippen LogP) is 1.07. The Bertz CT molecular complexity index is 609. The Hall–Kier alpha value is -2.35. The van der Waals surface area contributed by atoms with Crippen LogP contribution in [0.3, 0.4) is 0 Å². The van der Waals surface area contributed by atoms with Gasteiger partial charge in [-0.1, -0.05) is 24.8 Å². The summed E-state index contributed by atoms with van der Waals surface area (Å²) >= 11 is 0. The molecule has 1 aromatic rings. The monoisotopic (exact) mass is 345 g/mol. The second-order valence-corrected chi connectivity index (χ2v) is 5.52. The summed E-state index contributed by atoms with van der Waals surface area (Å²) in [5, 5.41) is 11.3. The lowest BCUT2D eigenvalue weighted by Gasteiger charge is -2.14. The first kappa shape index (κ1) is 18.7. The molecule has 0 aliphatic heterocycles. The van der Waals surface area contributed by atoms with Crippen LogP contribution in [0.5, 0.6) is 5.75 Å². The number of nitrogens with one attached hydrogen (secondary N) is 1. The van der Waals surface area contributed by atoms with Crippen LogP contribution in [0.2, 0.25) is 0 Å². The Morgan fingerprint density at radius 2 is 1.91 bits per heavy atom. The lowest BCUT2D eigenvalue weighted by atomic mass is 10.1. The van der Waals surface area contributed by atoms with Crippen LogP contribution in [0.1, 0.15) is 5.56 Å². The minimum atomic E-state index is -4.65. The van der Waals surface area contributed by atoms with Crippen molar-refractivity contribution in [2.45, 2.75) is 12.5 Å². The predicted molar refractivity (Wildman–Crippen MR) is 78.9 cm³/mol. The summed E-state index contributed by atoms with van der Waals surface area (Å²) in [6, 6.07) is 4.20. The number of amides is 1. The van der Waals surface area contributed by atoms with E-state index >= 15 is 0 Å². The number of benzene rings is 1. The normalized spacial score (nSPS) is 12.1. The maximum absolute atomic E-state index is 11.4. The molecule has 4 N–H and O–H groups in total. The third-order valence-corrected chi connectivity index (χ3v) is 2.96. The van der Waals surface area contributed by atoms with Crippen molar-refractivity contribution in [3.63, 3.8) is 0 Å². The molecule has 0 saturated carbocycles. The molecule has 9 nitrogen and oxygen atoms in total. The Kier molecular flexibility index (Phi) is 6.77. The lowest BCUT2D eigenvalue weighted by molar-refractivity contribution is -0.139. The zero-order chi connectivity index (χ0) is 17.5. The first-order valence-electron chi connectivity index (χ1n) is 6.32. The average Bonchev–Trinajstić information content (AvgIpc) is 2.44. The van der Waals surface area contributed by atoms with Crippen molar-refractivity contribution in [2.24, 2.45) is 0 Å². The van der Waals surface area contributed by atoms with Crippen molar-refractivity contribution in [1.29, 1.82) is 0 Å². The molecule has 0 saturated heterocycles. The van der Waals surface area contributed by atoms with Crippen molar-refractivity contribution < 1.29 is 38.3 Å². The second kappa shape index (κ2) is 8.33. The molecule has 1 amide bonds. The van der Waals surface area contributed by atoms with Crippen LogP contribution in [0.25, 0.3) is 0 Å². The van der Waals surface area contributed by atoms with Crippen LogP contribution in [0.15, 0.2) is 36.9 Å². The van der Waals surface area contributed by atoms with Gasteiger partial charge in [0, 0.05) is 6.42 Å². The summed E-state index contributed by atoms with van der Waals surface area (Å²) < 4.78 is 19.7. The van der Waals surface area contributed by atoms with E-state index in [1.165, 1.54) is 30.3 Å². The van der Waals surface area contributed by atoms with Gasteiger partial charge in [-0.3, -0.25) is 9.79 Å². The molecule has 0 aliphatic rings. The number of carbonyl (C=O) groups excluding carboxylic acids is 1. The number of hydrogen-bond donors (Lipinski definition) is 4. The fourth-order valence-electron chi connectivity index (χ4n) is 1.58. The van der Waals surface area contributed by atoms with Crippen LogP contribution in [0, 0.1) is 0 Å².